The molecule has 11 heteroatoms. The Morgan fingerprint density at radius 2 is 1.91 bits per heavy atom. The highest BCUT2D eigenvalue weighted by Crippen LogP contribution is 2.28. The number of anilines is 2. The van der Waals surface area contributed by atoms with Gasteiger partial charge in [-0.25, -0.2) is 9.97 Å². The maximum atomic E-state index is 11.9. The number of aldehydes is 1. The monoisotopic (exact) mass is 460 g/mol. The first-order valence-electron chi connectivity index (χ1n) is 10.1. The van der Waals surface area contributed by atoms with E-state index in [2.05, 4.69) is 50.5 Å². The van der Waals surface area contributed by atoms with Crippen molar-refractivity contribution in [2.45, 2.75) is 13.1 Å². The van der Waals surface area contributed by atoms with E-state index in [0.717, 1.165) is 49.2 Å². The van der Waals surface area contributed by atoms with Crippen LogP contribution in [0.15, 0.2) is 42.7 Å². The summed E-state index contributed by atoms with van der Waals surface area (Å²) < 4.78 is 41.2. The first kappa shape index (κ1) is 24.1. The largest absolute Gasteiger partial charge is 0.418 e. The average molecular weight is 460 g/mol. The summed E-state index contributed by atoms with van der Waals surface area (Å²) in [7, 11) is 1.92. The number of hydrogen-bond donors (Lipinski definition) is 1. The maximum absolute atomic E-state index is 11.9. The van der Waals surface area contributed by atoms with Gasteiger partial charge in [-0.1, -0.05) is 6.07 Å². The second-order valence-corrected chi connectivity index (χ2v) is 7.10. The molecule has 0 unspecified atom stereocenters. The molecule has 0 aliphatic carbocycles. The molecule has 0 amide bonds. The number of aromatic nitrogens is 4. The van der Waals surface area contributed by atoms with Crippen LogP contribution in [0.25, 0.3) is 11.4 Å². The fourth-order valence-corrected chi connectivity index (χ4v) is 3.06. The van der Waals surface area contributed by atoms with Gasteiger partial charge in [0.1, 0.15) is 11.5 Å². The molecule has 0 spiro atoms. The first-order valence-corrected chi connectivity index (χ1v) is 10.1. The van der Waals surface area contributed by atoms with Crippen LogP contribution in [0.2, 0.25) is 0 Å². The van der Waals surface area contributed by atoms with E-state index < -0.39 is 11.7 Å². The van der Waals surface area contributed by atoms with Crippen molar-refractivity contribution in [1.29, 1.82) is 0 Å². The van der Waals surface area contributed by atoms with Gasteiger partial charge in [0.05, 0.1) is 25.0 Å². The van der Waals surface area contributed by atoms with Gasteiger partial charge in [-0.05, 0) is 36.8 Å². The summed E-state index contributed by atoms with van der Waals surface area (Å²) in [5.74, 6) is 1.74. The SMILES string of the molecule is CNc1ccc(C)c(-c2nccc(N3CCOCC3)n2)c1.O=Cc1cc(C(F)(F)F)cnn1. The Hall–Kier alpha value is -3.60. The fourth-order valence-electron chi connectivity index (χ4n) is 3.06. The van der Waals surface area contributed by atoms with E-state index in [1.165, 1.54) is 5.56 Å². The van der Waals surface area contributed by atoms with E-state index in [9.17, 15) is 18.0 Å². The number of halogens is 3. The van der Waals surface area contributed by atoms with Gasteiger partial charge in [0.15, 0.2) is 12.1 Å². The number of hydrogen-bond acceptors (Lipinski definition) is 8. The molecule has 3 heterocycles. The lowest BCUT2D eigenvalue weighted by Crippen LogP contribution is -2.36. The third-order valence-corrected chi connectivity index (χ3v) is 4.86. The molecular formula is C22H23F3N6O2. The number of carbonyl (C=O) groups is 1. The van der Waals surface area contributed by atoms with Crippen LogP contribution in [0.4, 0.5) is 24.7 Å². The molecule has 0 bridgehead atoms. The summed E-state index contributed by atoms with van der Waals surface area (Å²) >= 11 is 0. The number of alkyl halides is 3. The van der Waals surface area contributed by atoms with Crippen LogP contribution in [-0.4, -0.2) is 59.8 Å². The summed E-state index contributed by atoms with van der Waals surface area (Å²) in [4.78, 5) is 21.4. The van der Waals surface area contributed by atoms with Gasteiger partial charge in [-0.15, -0.1) is 5.10 Å². The van der Waals surface area contributed by atoms with E-state index in [1.54, 1.807) is 0 Å². The van der Waals surface area contributed by atoms with E-state index in [4.69, 9.17) is 9.72 Å². The van der Waals surface area contributed by atoms with Crippen molar-refractivity contribution in [3.05, 3.63) is 59.5 Å². The topological polar surface area (TPSA) is 93.1 Å². The second-order valence-electron chi connectivity index (χ2n) is 7.10. The van der Waals surface area contributed by atoms with Crippen LogP contribution in [0.3, 0.4) is 0 Å². The molecular weight excluding hydrogens is 437 g/mol. The van der Waals surface area contributed by atoms with Crippen molar-refractivity contribution in [1.82, 2.24) is 20.2 Å². The lowest BCUT2D eigenvalue weighted by Gasteiger charge is -2.27. The van der Waals surface area contributed by atoms with E-state index in [0.29, 0.717) is 12.3 Å². The summed E-state index contributed by atoms with van der Waals surface area (Å²) in [6, 6.07) is 8.84. The van der Waals surface area contributed by atoms with Crippen molar-refractivity contribution in [2.24, 2.45) is 0 Å². The van der Waals surface area contributed by atoms with E-state index in [1.807, 2.05) is 19.3 Å². The Morgan fingerprint density at radius 3 is 2.58 bits per heavy atom. The van der Waals surface area contributed by atoms with Gasteiger partial charge in [0, 0.05) is 37.6 Å². The highest BCUT2D eigenvalue weighted by Gasteiger charge is 2.31. The Bertz CT molecular complexity index is 1090. The lowest BCUT2D eigenvalue weighted by molar-refractivity contribution is -0.137. The summed E-state index contributed by atoms with van der Waals surface area (Å²) in [5, 5.41) is 9.33. The third kappa shape index (κ3) is 6.45. The summed E-state index contributed by atoms with van der Waals surface area (Å²) in [5.41, 5.74) is 2.01. The number of aryl methyl sites for hydroxylation is 1. The molecule has 1 saturated heterocycles. The molecule has 1 aromatic carbocycles. The maximum Gasteiger partial charge on any atom is 0.418 e. The highest BCUT2D eigenvalue weighted by atomic mass is 19.4. The van der Waals surface area contributed by atoms with Crippen LogP contribution in [0, 0.1) is 6.92 Å². The van der Waals surface area contributed by atoms with Crippen LogP contribution in [0.1, 0.15) is 21.6 Å². The molecule has 174 valence electrons. The van der Waals surface area contributed by atoms with Crippen LogP contribution in [-0.2, 0) is 10.9 Å². The number of benzene rings is 1. The molecule has 0 saturated carbocycles. The van der Waals surface area contributed by atoms with Crippen LogP contribution < -0.4 is 10.2 Å². The van der Waals surface area contributed by atoms with Crippen molar-refractivity contribution < 1.29 is 22.7 Å². The highest BCUT2D eigenvalue weighted by molar-refractivity contribution is 5.71. The molecule has 2 aromatic heterocycles. The Balaban J connectivity index is 0.000000218. The average Bonchev–Trinajstić information content (AvgIpc) is 2.85. The molecule has 1 N–H and O–H groups in total. The molecule has 0 radical (unpaired) electrons. The molecule has 33 heavy (non-hydrogen) atoms. The van der Waals surface area contributed by atoms with Gasteiger partial charge in [-0.2, -0.15) is 18.3 Å². The Labute approximate surface area is 188 Å². The number of nitrogens with zero attached hydrogens (tertiary/aromatic N) is 5. The van der Waals surface area contributed by atoms with E-state index >= 15 is 0 Å². The van der Waals surface area contributed by atoms with Gasteiger partial charge in [0.25, 0.3) is 0 Å². The van der Waals surface area contributed by atoms with Crippen molar-refractivity contribution in [3.8, 4) is 11.4 Å². The van der Waals surface area contributed by atoms with Crippen molar-refractivity contribution in [2.75, 3.05) is 43.6 Å². The quantitative estimate of drug-likeness (QED) is 0.590. The van der Waals surface area contributed by atoms with Gasteiger partial charge in [0.2, 0.25) is 0 Å². The van der Waals surface area contributed by atoms with Gasteiger partial charge < -0.3 is 15.0 Å². The molecule has 8 nitrogen and oxygen atoms in total. The molecule has 0 atom stereocenters. The predicted molar refractivity (Wildman–Crippen MR) is 117 cm³/mol. The number of nitrogens with one attached hydrogen (secondary N) is 1. The van der Waals surface area contributed by atoms with Gasteiger partial charge >= 0.3 is 6.18 Å². The lowest BCUT2D eigenvalue weighted by atomic mass is 10.1. The van der Waals surface area contributed by atoms with Crippen molar-refractivity contribution in [3.63, 3.8) is 0 Å². The van der Waals surface area contributed by atoms with Crippen LogP contribution >= 0.6 is 0 Å². The zero-order valence-electron chi connectivity index (χ0n) is 18.1. The second kappa shape index (κ2) is 10.8. The summed E-state index contributed by atoms with van der Waals surface area (Å²) in [6.45, 7) is 5.36. The number of morpholine rings is 1. The van der Waals surface area contributed by atoms with Crippen LogP contribution in [0.5, 0.6) is 0 Å². The van der Waals surface area contributed by atoms with Gasteiger partial charge in [-0.3, -0.25) is 4.79 Å². The molecule has 3 aromatic rings. The standard InChI is InChI=1S/C16H20N4O.C6H3F3N2O/c1-12-3-4-13(17-2)11-14(12)16-18-6-5-15(19-16)20-7-9-21-10-8-20;7-6(8,9)4-1-5(3-12)11-10-2-4/h3-6,11,17H,7-10H2,1-2H3;1-3H. The smallest absolute Gasteiger partial charge is 0.388 e. The molecule has 1 aliphatic heterocycles. The predicted octanol–water partition coefficient (Wildman–Crippen LogP) is 3.64. The molecule has 1 aliphatic rings. The Kier molecular flexibility index (Phi) is 7.88. The zero-order chi connectivity index (χ0) is 23.8. The molecule has 1 fully saturated rings. The van der Waals surface area contributed by atoms with E-state index in [-0.39, 0.29) is 12.0 Å². The Morgan fingerprint density at radius 1 is 1.15 bits per heavy atom. The normalized spacial score (nSPS) is 13.7. The molecule has 4 rings (SSSR count). The first-order chi connectivity index (χ1) is 15.8. The minimum Gasteiger partial charge on any atom is -0.388 e. The summed E-state index contributed by atoms with van der Waals surface area (Å²) in [6.07, 6.45) is -1.87. The van der Waals surface area contributed by atoms with Crippen molar-refractivity contribution >= 4 is 17.8 Å². The minimum absolute atomic E-state index is 0.211. The zero-order valence-corrected chi connectivity index (χ0v) is 18.1. The number of carbonyl (C=O) groups excluding carboxylic acids is 1. The number of rotatable bonds is 4. The number of ether oxygens (including phenoxy) is 1. The fraction of sp³-hybridized carbons (Fsp3) is 0.318. The minimum atomic E-state index is -4.48. The third-order valence-electron chi connectivity index (χ3n) is 4.86.